The molecule has 0 aliphatic carbocycles. The molecule has 0 saturated carbocycles. The third-order valence-electron chi connectivity index (χ3n) is 3.29. The van der Waals surface area contributed by atoms with Gasteiger partial charge in [0.15, 0.2) is 0 Å². The standard InChI is InChI=1S/C13H9F9O5S/c1-7(8-5-3-2-4-6-8)9(23)26-27-28(24,25)13(21,22)11(16,17)10(14,15)12(18,19)20/h2-7H,1H3. The Balaban J connectivity index is 3.06. The topological polar surface area (TPSA) is 69.7 Å². The van der Waals surface area contributed by atoms with Crippen LogP contribution in [0.4, 0.5) is 39.5 Å². The van der Waals surface area contributed by atoms with E-state index >= 15 is 0 Å². The Morgan fingerprint density at radius 3 is 1.79 bits per heavy atom. The molecular formula is C13H9F9O5S. The van der Waals surface area contributed by atoms with Crippen molar-refractivity contribution in [3.8, 4) is 0 Å². The SMILES string of the molecule is CC(C(=O)OOS(=O)(=O)C(F)(F)C(F)(F)C(F)(F)C(F)(F)F)c1ccccc1. The van der Waals surface area contributed by atoms with Gasteiger partial charge in [0.1, 0.15) is 0 Å². The maximum atomic E-state index is 13.3. The van der Waals surface area contributed by atoms with Crippen molar-refractivity contribution in [2.75, 3.05) is 0 Å². The molecule has 1 aromatic carbocycles. The molecule has 5 nitrogen and oxygen atoms in total. The lowest BCUT2D eigenvalue weighted by atomic mass is 10.0. The number of carbonyl (C=O) groups excluding carboxylic acids is 1. The van der Waals surface area contributed by atoms with Crippen LogP contribution in [0.5, 0.6) is 0 Å². The van der Waals surface area contributed by atoms with E-state index in [9.17, 15) is 52.7 Å². The number of alkyl halides is 9. The van der Waals surface area contributed by atoms with Gasteiger partial charge in [0, 0.05) is 0 Å². The van der Waals surface area contributed by atoms with Gasteiger partial charge in [-0.2, -0.15) is 47.9 Å². The van der Waals surface area contributed by atoms with E-state index < -0.39 is 45.3 Å². The Hall–Kier alpha value is -2.03. The van der Waals surface area contributed by atoms with Gasteiger partial charge in [0.2, 0.25) is 0 Å². The highest BCUT2D eigenvalue weighted by atomic mass is 32.2. The zero-order valence-electron chi connectivity index (χ0n) is 13.3. The number of benzene rings is 1. The summed E-state index contributed by atoms with van der Waals surface area (Å²) in [5.74, 6) is -18.1. The summed E-state index contributed by atoms with van der Waals surface area (Å²) >= 11 is 0. The van der Waals surface area contributed by atoms with Crippen molar-refractivity contribution in [1.82, 2.24) is 0 Å². The van der Waals surface area contributed by atoms with Crippen molar-refractivity contribution >= 4 is 16.1 Å². The van der Waals surface area contributed by atoms with E-state index in [-0.39, 0.29) is 5.56 Å². The molecule has 0 aliphatic heterocycles. The second-order valence-electron chi connectivity index (χ2n) is 5.22. The molecule has 1 aromatic rings. The van der Waals surface area contributed by atoms with E-state index in [0.717, 1.165) is 6.92 Å². The quantitative estimate of drug-likeness (QED) is 0.358. The second kappa shape index (κ2) is 7.42. The Labute approximate surface area is 151 Å². The van der Waals surface area contributed by atoms with Crippen LogP contribution in [0.15, 0.2) is 30.3 Å². The molecule has 1 atom stereocenters. The molecule has 0 N–H and O–H groups in total. The highest BCUT2D eigenvalue weighted by Gasteiger charge is 2.86. The number of rotatable bonds is 7. The van der Waals surface area contributed by atoms with Crippen molar-refractivity contribution in [1.29, 1.82) is 0 Å². The molecule has 0 heterocycles. The molecule has 1 rings (SSSR count). The monoisotopic (exact) mass is 448 g/mol. The average Bonchev–Trinajstić information content (AvgIpc) is 2.58. The van der Waals surface area contributed by atoms with Crippen LogP contribution >= 0.6 is 0 Å². The minimum Gasteiger partial charge on any atom is -0.281 e. The first-order chi connectivity index (χ1) is 12.4. The zero-order chi connectivity index (χ0) is 22.2. The van der Waals surface area contributed by atoms with E-state index in [1.54, 1.807) is 0 Å². The summed E-state index contributed by atoms with van der Waals surface area (Å²) in [5.41, 5.74) is 0.120. The molecule has 0 spiro atoms. The van der Waals surface area contributed by atoms with E-state index in [2.05, 4.69) is 9.22 Å². The van der Waals surface area contributed by atoms with Crippen LogP contribution in [0.2, 0.25) is 0 Å². The molecule has 28 heavy (non-hydrogen) atoms. The number of hydrogen-bond donors (Lipinski definition) is 0. The molecule has 0 saturated heterocycles. The third kappa shape index (κ3) is 4.04. The maximum absolute atomic E-state index is 13.3. The van der Waals surface area contributed by atoms with Crippen LogP contribution in [0.3, 0.4) is 0 Å². The fraction of sp³-hybridized carbons (Fsp3) is 0.462. The van der Waals surface area contributed by atoms with Gasteiger partial charge in [-0.25, -0.2) is 4.79 Å². The summed E-state index contributed by atoms with van der Waals surface area (Å²) in [5, 5.41) is -7.12. The number of halogens is 9. The summed E-state index contributed by atoms with van der Waals surface area (Å²) in [6.45, 7) is 1.04. The van der Waals surface area contributed by atoms with Crippen molar-refractivity contribution in [3.63, 3.8) is 0 Å². The molecular weight excluding hydrogens is 439 g/mol. The van der Waals surface area contributed by atoms with Gasteiger partial charge >= 0.3 is 39.4 Å². The average molecular weight is 448 g/mol. The first kappa shape index (κ1) is 24.0. The van der Waals surface area contributed by atoms with Crippen LogP contribution < -0.4 is 0 Å². The Morgan fingerprint density at radius 2 is 1.36 bits per heavy atom. The molecule has 0 bridgehead atoms. The second-order valence-corrected chi connectivity index (χ2v) is 6.78. The van der Waals surface area contributed by atoms with E-state index in [1.165, 1.54) is 30.3 Å². The van der Waals surface area contributed by atoms with Gasteiger partial charge < -0.3 is 0 Å². The lowest BCUT2D eigenvalue weighted by Crippen LogP contribution is -2.63. The summed E-state index contributed by atoms with van der Waals surface area (Å²) in [7, 11) is -7.28. The van der Waals surface area contributed by atoms with Crippen molar-refractivity contribution in [2.24, 2.45) is 0 Å². The van der Waals surface area contributed by atoms with Crippen LogP contribution in [0.25, 0.3) is 0 Å². The van der Waals surface area contributed by atoms with E-state index in [1.807, 2.05) is 0 Å². The highest BCUT2D eigenvalue weighted by Crippen LogP contribution is 2.54. The molecule has 0 radical (unpaired) electrons. The third-order valence-corrected chi connectivity index (χ3v) is 4.42. The number of hydrogen-bond acceptors (Lipinski definition) is 5. The van der Waals surface area contributed by atoms with Gasteiger partial charge in [0.25, 0.3) is 0 Å². The molecule has 15 heteroatoms. The van der Waals surface area contributed by atoms with Crippen LogP contribution in [-0.4, -0.2) is 37.7 Å². The van der Waals surface area contributed by atoms with Gasteiger partial charge in [-0.1, -0.05) is 30.3 Å². The fourth-order valence-corrected chi connectivity index (χ4v) is 2.27. The van der Waals surface area contributed by atoms with Crippen molar-refractivity contribution < 1.29 is 61.9 Å². The minimum atomic E-state index is -7.49. The molecule has 0 amide bonds. The van der Waals surface area contributed by atoms with Crippen LogP contribution in [0.1, 0.15) is 18.4 Å². The van der Waals surface area contributed by atoms with E-state index in [0.29, 0.717) is 0 Å². The summed E-state index contributed by atoms with van der Waals surface area (Å²) in [4.78, 5) is 15.0. The molecule has 0 aliphatic rings. The number of carbonyl (C=O) groups is 1. The predicted octanol–water partition coefficient (Wildman–Crippen LogP) is 4.02. The van der Waals surface area contributed by atoms with Crippen LogP contribution in [-0.2, 0) is 24.1 Å². The minimum absolute atomic E-state index is 0.120. The fourth-order valence-electron chi connectivity index (χ4n) is 1.59. The van der Waals surface area contributed by atoms with Crippen LogP contribution in [0, 0.1) is 0 Å². The zero-order valence-corrected chi connectivity index (χ0v) is 14.1. The maximum Gasteiger partial charge on any atom is 0.460 e. The smallest absolute Gasteiger partial charge is 0.281 e. The predicted molar refractivity (Wildman–Crippen MR) is 71.8 cm³/mol. The molecule has 0 fully saturated rings. The molecule has 1 unspecified atom stereocenters. The van der Waals surface area contributed by atoms with Crippen molar-refractivity contribution in [3.05, 3.63) is 35.9 Å². The van der Waals surface area contributed by atoms with E-state index in [4.69, 9.17) is 0 Å². The Kier molecular flexibility index (Phi) is 6.36. The normalized spacial score (nSPS) is 15.2. The first-order valence-corrected chi connectivity index (χ1v) is 8.20. The van der Waals surface area contributed by atoms with Crippen molar-refractivity contribution in [2.45, 2.75) is 36.1 Å². The van der Waals surface area contributed by atoms with Gasteiger partial charge in [-0.3, -0.25) is 4.89 Å². The summed E-state index contributed by atoms with van der Waals surface area (Å²) < 4.78 is 139. The lowest BCUT2D eigenvalue weighted by Gasteiger charge is -2.32. The Morgan fingerprint density at radius 1 is 0.893 bits per heavy atom. The first-order valence-electron chi connectivity index (χ1n) is 6.80. The summed E-state index contributed by atoms with van der Waals surface area (Å²) in [6, 6.07) is 6.85. The van der Waals surface area contributed by atoms with Gasteiger partial charge in [0.05, 0.1) is 5.92 Å². The molecule has 160 valence electrons. The summed E-state index contributed by atoms with van der Waals surface area (Å²) in [6.07, 6.45) is -7.23. The highest BCUT2D eigenvalue weighted by molar-refractivity contribution is 7.87. The lowest BCUT2D eigenvalue weighted by molar-refractivity contribution is -0.383. The van der Waals surface area contributed by atoms with Gasteiger partial charge in [-0.05, 0) is 16.8 Å². The Bertz CT molecular complexity index is 805. The van der Waals surface area contributed by atoms with Gasteiger partial charge in [-0.15, -0.1) is 0 Å². The largest absolute Gasteiger partial charge is 0.460 e. The molecule has 0 aromatic heterocycles.